The van der Waals surface area contributed by atoms with Crippen LogP contribution in [0.25, 0.3) is 0 Å². The fourth-order valence-corrected chi connectivity index (χ4v) is 1.83. The van der Waals surface area contributed by atoms with E-state index in [9.17, 15) is 0 Å². The lowest BCUT2D eigenvalue weighted by Crippen LogP contribution is -2.54. The van der Waals surface area contributed by atoms with E-state index in [1.807, 2.05) is 18.2 Å². The summed E-state index contributed by atoms with van der Waals surface area (Å²) in [5.74, 6) is 0.889. The molecule has 0 radical (unpaired) electrons. The zero-order valence-corrected chi connectivity index (χ0v) is 9.52. The van der Waals surface area contributed by atoms with Crippen LogP contribution in [0, 0.1) is 0 Å². The SMILES string of the molecule is COC[C@H]1CN(Nc2ccccn2)CCN1. The molecule has 2 heterocycles. The lowest BCUT2D eigenvalue weighted by atomic mass is 10.2. The van der Waals surface area contributed by atoms with Crippen LogP contribution in [0.1, 0.15) is 0 Å². The summed E-state index contributed by atoms with van der Waals surface area (Å²) in [5, 5.41) is 5.58. The van der Waals surface area contributed by atoms with Crippen LogP contribution in [-0.2, 0) is 4.74 Å². The van der Waals surface area contributed by atoms with Crippen LogP contribution in [0.3, 0.4) is 0 Å². The molecule has 1 fully saturated rings. The minimum atomic E-state index is 0.384. The number of piperazine rings is 1. The van der Waals surface area contributed by atoms with Crippen molar-refractivity contribution in [2.24, 2.45) is 0 Å². The Morgan fingerprint density at radius 2 is 2.56 bits per heavy atom. The fraction of sp³-hybridized carbons (Fsp3) is 0.545. The Morgan fingerprint density at radius 3 is 3.31 bits per heavy atom. The Kier molecular flexibility index (Phi) is 4.10. The second-order valence-corrected chi connectivity index (χ2v) is 3.88. The van der Waals surface area contributed by atoms with E-state index in [4.69, 9.17) is 4.74 Å². The maximum Gasteiger partial charge on any atom is 0.140 e. The van der Waals surface area contributed by atoms with Crippen molar-refractivity contribution in [2.75, 3.05) is 38.8 Å². The zero-order chi connectivity index (χ0) is 11.2. The van der Waals surface area contributed by atoms with Crippen molar-refractivity contribution >= 4 is 5.82 Å². The van der Waals surface area contributed by atoms with Gasteiger partial charge in [0, 0.05) is 39.0 Å². The first kappa shape index (κ1) is 11.3. The highest BCUT2D eigenvalue weighted by Crippen LogP contribution is 2.05. The Labute approximate surface area is 95.8 Å². The number of hydrazine groups is 1. The number of pyridine rings is 1. The molecule has 5 nitrogen and oxygen atoms in total. The van der Waals surface area contributed by atoms with Crippen LogP contribution in [0.2, 0.25) is 0 Å². The molecule has 0 unspecified atom stereocenters. The minimum Gasteiger partial charge on any atom is -0.383 e. The number of ether oxygens (including phenoxy) is 1. The molecule has 2 N–H and O–H groups in total. The van der Waals surface area contributed by atoms with Crippen LogP contribution in [0.15, 0.2) is 24.4 Å². The Hall–Kier alpha value is -1.17. The van der Waals surface area contributed by atoms with Gasteiger partial charge in [-0.1, -0.05) is 6.07 Å². The van der Waals surface area contributed by atoms with E-state index >= 15 is 0 Å². The third kappa shape index (κ3) is 3.16. The van der Waals surface area contributed by atoms with Gasteiger partial charge in [-0.05, 0) is 12.1 Å². The minimum absolute atomic E-state index is 0.384. The second-order valence-electron chi connectivity index (χ2n) is 3.88. The molecule has 88 valence electrons. The van der Waals surface area contributed by atoms with E-state index in [1.165, 1.54) is 0 Å². The predicted octanol–water partition coefficient (Wildman–Crippen LogP) is 0.329. The van der Waals surface area contributed by atoms with Gasteiger partial charge in [-0.2, -0.15) is 0 Å². The molecule has 0 amide bonds. The Bertz CT molecular complexity index is 304. The third-order valence-corrected chi connectivity index (χ3v) is 2.56. The van der Waals surface area contributed by atoms with Crippen molar-refractivity contribution in [1.29, 1.82) is 0 Å². The summed E-state index contributed by atoms with van der Waals surface area (Å²) >= 11 is 0. The zero-order valence-electron chi connectivity index (χ0n) is 9.52. The van der Waals surface area contributed by atoms with E-state index in [-0.39, 0.29) is 0 Å². The largest absolute Gasteiger partial charge is 0.383 e. The first-order chi connectivity index (χ1) is 7.88. The molecular formula is C11H18N4O. The van der Waals surface area contributed by atoms with Gasteiger partial charge in [0.05, 0.1) is 6.61 Å². The average Bonchev–Trinajstić information content (AvgIpc) is 2.31. The molecule has 1 aromatic rings. The fourth-order valence-electron chi connectivity index (χ4n) is 1.83. The molecule has 2 rings (SSSR count). The van der Waals surface area contributed by atoms with E-state index in [0.29, 0.717) is 6.04 Å². The summed E-state index contributed by atoms with van der Waals surface area (Å²) in [6.07, 6.45) is 1.79. The predicted molar refractivity (Wildman–Crippen MR) is 63.1 cm³/mol. The lowest BCUT2D eigenvalue weighted by molar-refractivity contribution is 0.126. The molecule has 0 spiro atoms. The Balaban J connectivity index is 1.85. The number of aromatic nitrogens is 1. The highest BCUT2D eigenvalue weighted by molar-refractivity contribution is 5.31. The van der Waals surface area contributed by atoms with E-state index in [1.54, 1.807) is 13.3 Å². The number of hydrogen-bond acceptors (Lipinski definition) is 5. The monoisotopic (exact) mass is 222 g/mol. The van der Waals surface area contributed by atoms with Gasteiger partial charge >= 0.3 is 0 Å². The Morgan fingerprint density at radius 1 is 1.62 bits per heavy atom. The number of nitrogens with one attached hydrogen (secondary N) is 2. The quantitative estimate of drug-likeness (QED) is 0.769. The molecule has 0 aliphatic carbocycles. The van der Waals surface area contributed by atoms with Crippen molar-refractivity contribution in [3.63, 3.8) is 0 Å². The van der Waals surface area contributed by atoms with Gasteiger partial charge in [0.1, 0.15) is 5.82 Å². The first-order valence-electron chi connectivity index (χ1n) is 5.53. The molecule has 1 aliphatic rings. The standard InChI is InChI=1S/C11H18N4O/c1-16-9-10-8-15(7-6-12-10)14-11-4-2-3-5-13-11/h2-5,10,12H,6-9H2,1H3,(H,13,14)/t10-/m1/s1. The second kappa shape index (κ2) is 5.79. The number of nitrogens with zero attached hydrogens (tertiary/aromatic N) is 2. The van der Waals surface area contributed by atoms with Crippen molar-refractivity contribution in [3.05, 3.63) is 24.4 Å². The van der Waals surface area contributed by atoms with Crippen molar-refractivity contribution in [2.45, 2.75) is 6.04 Å². The van der Waals surface area contributed by atoms with Gasteiger partial charge in [-0.25, -0.2) is 9.99 Å². The highest BCUT2D eigenvalue weighted by Gasteiger charge is 2.18. The maximum atomic E-state index is 5.15. The molecule has 1 saturated heterocycles. The molecule has 1 atom stereocenters. The first-order valence-corrected chi connectivity index (χ1v) is 5.53. The van der Waals surface area contributed by atoms with Gasteiger partial charge in [0.2, 0.25) is 0 Å². The highest BCUT2D eigenvalue weighted by atomic mass is 16.5. The molecule has 5 heteroatoms. The summed E-state index contributed by atoms with van der Waals surface area (Å²) in [4.78, 5) is 4.24. The number of hydrogen-bond donors (Lipinski definition) is 2. The summed E-state index contributed by atoms with van der Waals surface area (Å²) < 4.78 is 5.15. The summed E-state index contributed by atoms with van der Waals surface area (Å²) in [7, 11) is 1.73. The van der Waals surface area contributed by atoms with Crippen LogP contribution in [0.5, 0.6) is 0 Å². The van der Waals surface area contributed by atoms with Crippen LogP contribution in [0.4, 0.5) is 5.82 Å². The molecule has 16 heavy (non-hydrogen) atoms. The van der Waals surface area contributed by atoms with Crippen LogP contribution in [-0.4, -0.2) is 49.4 Å². The lowest BCUT2D eigenvalue weighted by Gasteiger charge is -2.33. The summed E-state index contributed by atoms with van der Waals surface area (Å²) in [6, 6.07) is 6.24. The normalized spacial score (nSPS) is 21.9. The molecule has 1 aliphatic heterocycles. The van der Waals surface area contributed by atoms with Crippen molar-refractivity contribution < 1.29 is 4.74 Å². The topological polar surface area (TPSA) is 49.4 Å². The molecule has 1 aromatic heterocycles. The van der Waals surface area contributed by atoms with Gasteiger partial charge in [0.15, 0.2) is 0 Å². The van der Waals surface area contributed by atoms with Gasteiger partial charge in [-0.3, -0.25) is 0 Å². The van der Waals surface area contributed by atoms with E-state index in [2.05, 4.69) is 20.7 Å². The average molecular weight is 222 g/mol. The summed E-state index contributed by atoms with van der Waals surface area (Å²) in [5.41, 5.74) is 3.30. The smallest absolute Gasteiger partial charge is 0.140 e. The van der Waals surface area contributed by atoms with Crippen molar-refractivity contribution in [1.82, 2.24) is 15.3 Å². The van der Waals surface area contributed by atoms with Gasteiger partial charge in [0.25, 0.3) is 0 Å². The number of methoxy groups -OCH3 is 1. The molecule has 0 aromatic carbocycles. The van der Waals surface area contributed by atoms with Crippen LogP contribution < -0.4 is 10.7 Å². The van der Waals surface area contributed by atoms with E-state index in [0.717, 1.165) is 32.1 Å². The maximum absolute atomic E-state index is 5.15. The van der Waals surface area contributed by atoms with Crippen molar-refractivity contribution in [3.8, 4) is 0 Å². The molecular weight excluding hydrogens is 204 g/mol. The van der Waals surface area contributed by atoms with Gasteiger partial charge < -0.3 is 15.5 Å². The van der Waals surface area contributed by atoms with Crippen LogP contribution >= 0.6 is 0 Å². The third-order valence-electron chi connectivity index (χ3n) is 2.56. The molecule has 0 bridgehead atoms. The van der Waals surface area contributed by atoms with E-state index < -0.39 is 0 Å². The molecule has 0 saturated carbocycles. The number of anilines is 1. The summed E-state index contributed by atoms with van der Waals surface area (Å²) in [6.45, 7) is 3.59. The van der Waals surface area contributed by atoms with Gasteiger partial charge in [-0.15, -0.1) is 0 Å². The number of rotatable bonds is 4.